The Labute approximate surface area is 211 Å². The van der Waals surface area contributed by atoms with Crippen LogP contribution in [0, 0.1) is 5.92 Å². The Morgan fingerprint density at radius 1 is 1.09 bits per heavy atom. The molecule has 3 rings (SSSR count). The number of carbonyl (C=O) groups is 2. The standard InChI is InChI=1S/C26H34ClN3O5/c1-33-19-13-17(14-20(15-19)34-2)16-35-24-6-4-3-5-21(24)23(31)8-7-22(28)25(27)30-11-9-18(10-12-30)26(29)32/h3-6,13-15,18,22,25H,7-12,16,28H2,1-2H3,(H2,29,32). The van der Waals surface area contributed by atoms with Crippen LogP contribution in [-0.2, 0) is 11.4 Å². The summed E-state index contributed by atoms with van der Waals surface area (Å²) < 4.78 is 16.6. The number of para-hydroxylation sites is 1. The Bertz CT molecular complexity index is 988. The first-order valence-corrected chi connectivity index (χ1v) is 12.2. The van der Waals surface area contributed by atoms with Crippen LogP contribution in [0.25, 0.3) is 0 Å². The Balaban J connectivity index is 1.56. The molecule has 0 bridgehead atoms. The Hall–Kier alpha value is -2.81. The Morgan fingerprint density at radius 2 is 1.71 bits per heavy atom. The summed E-state index contributed by atoms with van der Waals surface area (Å²) in [6.45, 7) is 1.58. The maximum atomic E-state index is 13.0. The number of methoxy groups -OCH3 is 2. The van der Waals surface area contributed by atoms with Crippen LogP contribution in [0.2, 0.25) is 0 Å². The second kappa shape index (κ2) is 12.8. The number of rotatable bonds is 12. The van der Waals surface area contributed by atoms with Gasteiger partial charge in [0.15, 0.2) is 5.78 Å². The van der Waals surface area contributed by atoms with Crippen molar-refractivity contribution in [1.82, 2.24) is 4.90 Å². The predicted molar refractivity (Wildman–Crippen MR) is 135 cm³/mol. The number of likely N-dealkylation sites (tertiary alicyclic amines) is 1. The minimum atomic E-state index is -0.411. The maximum absolute atomic E-state index is 13.0. The van der Waals surface area contributed by atoms with Crippen LogP contribution in [0.15, 0.2) is 42.5 Å². The van der Waals surface area contributed by atoms with E-state index in [0.717, 1.165) is 5.56 Å². The number of hydrogen-bond donors (Lipinski definition) is 2. The van der Waals surface area contributed by atoms with Crippen molar-refractivity contribution in [1.29, 1.82) is 0 Å². The molecule has 0 saturated carbocycles. The van der Waals surface area contributed by atoms with E-state index in [0.29, 0.717) is 55.2 Å². The van der Waals surface area contributed by atoms with Gasteiger partial charge in [-0.3, -0.25) is 14.5 Å². The number of piperidine rings is 1. The number of carbonyl (C=O) groups excluding carboxylic acids is 2. The third kappa shape index (κ3) is 7.34. The average molecular weight is 504 g/mol. The zero-order valence-electron chi connectivity index (χ0n) is 20.2. The second-order valence-corrected chi connectivity index (χ2v) is 9.16. The van der Waals surface area contributed by atoms with Crippen LogP contribution in [-0.4, -0.2) is 55.4 Å². The first-order valence-electron chi connectivity index (χ1n) is 11.7. The number of alkyl halides is 1. The smallest absolute Gasteiger partial charge is 0.220 e. The largest absolute Gasteiger partial charge is 0.497 e. The second-order valence-electron chi connectivity index (χ2n) is 8.72. The van der Waals surface area contributed by atoms with Gasteiger partial charge in [-0.25, -0.2) is 0 Å². The Morgan fingerprint density at radius 3 is 2.31 bits per heavy atom. The molecule has 1 saturated heterocycles. The lowest BCUT2D eigenvalue weighted by atomic mass is 9.95. The lowest BCUT2D eigenvalue weighted by molar-refractivity contribution is -0.123. The van der Waals surface area contributed by atoms with Gasteiger partial charge < -0.3 is 25.7 Å². The van der Waals surface area contributed by atoms with E-state index in [1.165, 1.54) is 0 Å². The van der Waals surface area contributed by atoms with E-state index in [4.69, 9.17) is 37.3 Å². The first kappa shape index (κ1) is 26.8. The zero-order chi connectivity index (χ0) is 25.4. The number of amides is 1. The molecule has 1 amide bonds. The summed E-state index contributed by atoms with van der Waals surface area (Å²) in [5.41, 5.74) is 12.7. The molecule has 8 nitrogen and oxygen atoms in total. The molecule has 190 valence electrons. The predicted octanol–water partition coefficient (Wildman–Crippen LogP) is 3.34. The van der Waals surface area contributed by atoms with E-state index in [9.17, 15) is 9.59 Å². The van der Waals surface area contributed by atoms with Crippen molar-refractivity contribution in [2.24, 2.45) is 17.4 Å². The summed E-state index contributed by atoms with van der Waals surface area (Å²) >= 11 is 6.59. The quantitative estimate of drug-likeness (QED) is 0.259. The van der Waals surface area contributed by atoms with Gasteiger partial charge in [0.25, 0.3) is 0 Å². The van der Waals surface area contributed by atoms with Crippen LogP contribution < -0.4 is 25.7 Å². The average Bonchev–Trinajstić information content (AvgIpc) is 2.89. The minimum absolute atomic E-state index is 0.0597. The number of Topliss-reactive ketones (excluding diaryl/α,β-unsaturated/α-hetero) is 1. The van der Waals surface area contributed by atoms with Gasteiger partial charge in [-0.15, -0.1) is 11.6 Å². The van der Waals surface area contributed by atoms with Crippen LogP contribution in [0.1, 0.15) is 41.6 Å². The van der Waals surface area contributed by atoms with Crippen LogP contribution in [0.3, 0.4) is 0 Å². The molecule has 35 heavy (non-hydrogen) atoms. The number of halogens is 1. The summed E-state index contributed by atoms with van der Waals surface area (Å²) in [7, 11) is 3.18. The van der Waals surface area contributed by atoms with Gasteiger partial charge in [-0.1, -0.05) is 12.1 Å². The molecule has 0 aromatic heterocycles. The number of nitrogens with zero attached hydrogens (tertiary/aromatic N) is 1. The van der Waals surface area contributed by atoms with Crippen molar-refractivity contribution in [3.8, 4) is 17.2 Å². The minimum Gasteiger partial charge on any atom is -0.497 e. The highest BCUT2D eigenvalue weighted by molar-refractivity contribution is 6.20. The van der Waals surface area contributed by atoms with Gasteiger partial charge in [-0.2, -0.15) is 0 Å². The topological polar surface area (TPSA) is 117 Å². The summed E-state index contributed by atoms with van der Waals surface area (Å²) in [6, 6.07) is 12.3. The molecule has 0 spiro atoms. The van der Waals surface area contributed by atoms with Crippen LogP contribution in [0.4, 0.5) is 0 Å². The molecule has 2 aromatic rings. The summed E-state index contributed by atoms with van der Waals surface area (Å²) in [5, 5.41) is 0. The molecule has 0 radical (unpaired) electrons. The van der Waals surface area contributed by atoms with E-state index in [-0.39, 0.29) is 36.7 Å². The fraction of sp³-hybridized carbons (Fsp3) is 0.462. The van der Waals surface area contributed by atoms with Crippen LogP contribution in [0.5, 0.6) is 17.2 Å². The van der Waals surface area contributed by atoms with Crippen molar-refractivity contribution in [2.75, 3.05) is 27.3 Å². The summed E-state index contributed by atoms with van der Waals surface area (Å²) in [5.74, 6) is 1.39. The molecule has 2 unspecified atom stereocenters. The van der Waals surface area contributed by atoms with Crippen molar-refractivity contribution in [2.45, 2.75) is 43.8 Å². The summed E-state index contributed by atoms with van der Waals surface area (Å²) in [4.78, 5) is 26.4. The van der Waals surface area contributed by atoms with Crippen molar-refractivity contribution in [3.63, 3.8) is 0 Å². The van der Waals surface area contributed by atoms with Crippen LogP contribution >= 0.6 is 11.6 Å². The zero-order valence-corrected chi connectivity index (χ0v) is 21.0. The van der Waals surface area contributed by atoms with Gasteiger partial charge in [0.2, 0.25) is 5.91 Å². The molecule has 2 aromatic carbocycles. The summed E-state index contributed by atoms with van der Waals surface area (Å²) in [6.07, 6.45) is 2.03. The normalized spacial score (nSPS) is 16.3. The fourth-order valence-corrected chi connectivity index (χ4v) is 4.53. The van der Waals surface area contributed by atoms with E-state index in [2.05, 4.69) is 4.90 Å². The number of ether oxygens (including phenoxy) is 3. The van der Waals surface area contributed by atoms with E-state index in [1.807, 2.05) is 24.3 Å². The number of primary amides is 1. The molecule has 1 aliphatic heterocycles. The molecular weight excluding hydrogens is 470 g/mol. The number of benzene rings is 2. The third-order valence-corrected chi connectivity index (χ3v) is 6.93. The lowest BCUT2D eigenvalue weighted by Gasteiger charge is -2.36. The third-order valence-electron chi connectivity index (χ3n) is 6.33. The van der Waals surface area contributed by atoms with Crippen molar-refractivity contribution < 1.29 is 23.8 Å². The van der Waals surface area contributed by atoms with Crippen molar-refractivity contribution in [3.05, 3.63) is 53.6 Å². The molecule has 0 aliphatic carbocycles. The van der Waals surface area contributed by atoms with Gasteiger partial charge in [-0.05, 0) is 49.1 Å². The van der Waals surface area contributed by atoms with Gasteiger partial charge >= 0.3 is 0 Å². The van der Waals surface area contributed by atoms with E-state index < -0.39 is 5.50 Å². The van der Waals surface area contributed by atoms with Crippen molar-refractivity contribution >= 4 is 23.3 Å². The number of nitrogens with two attached hydrogens (primary N) is 2. The van der Waals surface area contributed by atoms with Gasteiger partial charge in [0.05, 0.1) is 19.8 Å². The SMILES string of the molecule is COc1cc(COc2ccccc2C(=O)CCC(N)C(Cl)N2CCC(C(N)=O)CC2)cc(OC)c1. The lowest BCUT2D eigenvalue weighted by Crippen LogP contribution is -2.49. The number of hydrogen-bond acceptors (Lipinski definition) is 7. The first-order chi connectivity index (χ1) is 16.8. The highest BCUT2D eigenvalue weighted by Gasteiger charge is 2.29. The molecule has 1 aliphatic rings. The Kier molecular flexibility index (Phi) is 9.77. The highest BCUT2D eigenvalue weighted by Crippen LogP contribution is 2.27. The molecular formula is C26H34ClN3O5. The molecule has 2 atom stereocenters. The van der Waals surface area contributed by atoms with Gasteiger partial charge in [0.1, 0.15) is 29.4 Å². The fourth-order valence-electron chi connectivity index (χ4n) is 4.21. The molecule has 4 N–H and O–H groups in total. The van der Waals surface area contributed by atoms with E-state index in [1.54, 1.807) is 32.4 Å². The molecule has 1 heterocycles. The molecule has 9 heteroatoms. The van der Waals surface area contributed by atoms with Gasteiger partial charge in [0, 0.05) is 37.5 Å². The maximum Gasteiger partial charge on any atom is 0.220 e. The highest BCUT2D eigenvalue weighted by atomic mass is 35.5. The molecule has 1 fully saturated rings. The number of ketones is 1. The monoisotopic (exact) mass is 503 g/mol. The van der Waals surface area contributed by atoms with E-state index >= 15 is 0 Å².